The molecule has 0 heterocycles. The summed E-state index contributed by atoms with van der Waals surface area (Å²) in [4.78, 5) is 24.5. The molecule has 1 N–H and O–H groups in total. The lowest BCUT2D eigenvalue weighted by Crippen LogP contribution is -2.28. The Kier molecular flexibility index (Phi) is 54.6. The van der Waals surface area contributed by atoms with Gasteiger partial charge in [-0.2, -0.15) is 0 Å². The van der Waals surface area contributed by atoms with Crippen LogP contribution in [0.25, 0.3) is 0 Å². The number of esters is 2. The minimum Gasteiger partial charge on any atom is -0.462 e. The van der Waals surface area contributed by atoms with E-state index in [-0.39, 0.29) is 25.2 Å². The normalized spacial score (nSPS) is 13.6. The van der Waals surface area contributed by atoms with Crippen molar-refractivity contribution in [2.45, 2.75) is 213 Å². The minimum atomic E-state index is -0.810. The highest BCUT2D eigenvalue weighted by Crippen LogP contribution is 2.11. The molecular weight excluding hydrogens is 861 g/mol. The van der Waals surface area contributed by atoms with E-state index in [9.17, 15) is 14.7 Å². The fourth-order valence-electron chi connectivity index (χ4n) is 6.86. The van der Waals surface area contributed by atoms with E-state index in [1.54, 1.807) is 0 Å². The SMILES string of the molecule is CC/C=C\C/C=C\C/C=C\C/C=C\C/C=C\C/C=C\C/C=C\C/C=C\C/C=C\C/C=C\C/C=C\CCCCCC(=O)OC(CO)COC(=O)CCCCCCCC/C=C\C/C=C\C/C=C\CCCCC. The number of rotatable bonds is 48. The van der Waals surface area contributed by atoms with E-state index in [2.05, 4.69) is 184 Å². The summed E-state index contributed by atoms with van der Waals surface area (Å²) in [5.74, 6) is -0.658. The third-order valence-corrected chi connectivity index (χ3v) is 11.0. The van der Waals surface area contributed by atoms with Gasteiger partial charge in [0.05, 0.1) is 6.61 Å². The van der Waals surface area contributed by atoms with E-state index >= 15 is 0 Å². The molecule has 0 bridgehead atoms. The molecule has 0 rings (SSSR count). The van der Waals surface area contributed by atoms with E-state index in [4.69, 9.17) is 9.47 Å². The average Bonchev–Trinajstić information content (AvgIpc) is 3.36. The van der Waals surface area contributed by atoms with Crippen LogP contribution in [-0.2, 0) is 19.1 Å². The minimum absolute atomic E-state index is 0.0980. The maximum absolute atomic E-state index is 12.3. The van der Waals surface area contributed by atoms with E-state index in [1.165, 1.54) is 44.9 Å². The van der Waals surface area contributed by atoms with Crippen LogP contribution in [0.4, 0.5) is 0 Å². The molecule has 5 nitrogen and oxygen atoms in total. The molecule has 0 aliphatic heterocycles. The summed E-state index contributed by atoms with van der Waals surface area (Å²) in [5, 5.41) is 9.63. The van der Waals surface area contributed by atoms with Crippen molar-refractivity contribution in [1.29, 1.82) is 0 Å². The van der Waals surface area contributed by atoms with Crippen molar-refractivity contribution < 1.29 is 24.2 Å². The molecule has 0 amide bonds. The Bertz CT molecular complexity index is 1600. The van der Waals surface area contributed by atoms with Crippen molar-refractivity contribution in [3.05, 3.63) is 170 Å². The number of unbranched alkanes of at least 4 members (excludes halogenated alkanes) is 12. The fraction of sp³-hybridized carbons (Fsp3) is 0.538. The molecule has 0 aromatic carbocycles. The van der Waals surface area contributed by atoms with Crippen molar-refractivity contribution in [3.63, 3.8) is 0 Å². The van der Waals surface area contributed by atoms with Crippen LogP contribution in [0.15, 0.2) is 170 Å². The summed E-state index contributed by atoms with van der Waals surface area (Å²) >= 11 is 0. The van der Waals surface area contributed by atoms with Crippen molar-refractivity contribution in [2.75, 3.05) is 13.2 Å². The lowest BCUT2D eigenvalue weighted by Gasteiger charge is -2.15. The van der Waals surface area contributed by atoms with Crippen LogP contribution >= 0.6 is 0 Å². The summed E-state index contributed by atoms with van der Waals surface area (Å²) in [5.41, 5.74) is 0. The Balaban J connectivity index is 3.71. The predicted octanol–water partition coefficient (Wildman–Crippen LogP) is 19.0. The second-order valence-electron chi connectivity index (χ2n) is 17.6. The molecule has 1 unspecified atom stereocenters. The molecule has 70 heavy (non-hydrogen) atoms. The van der Waals surface area contributed by atoms with Crippen molar-refractivity contribution >= 4 is 11.9 Å². The van der Waals surface area contributed by atoms with Gasteiger partial charge in [-0.15, -0.1) is 0 Å². The Morgan fingerprint density at radius 1 is 0.343 bits per heavy atom. The summed E-state index contributed by atoms with van der Waals surface area (Å²) in [6.45, 7) is 3.94. The largest absolute Gasteiger partial charge is 0.462 e. The number of hydrogen-bond acceptors (Lipinski definition) is 5. The second-order valence-corrected chi connectivity index (χ2v) is 17.6. The molecule has 0 spiro atoms. The molecule has 0 aliphatic carbocycles. The van der Waals surface area contributed by atoms with Crippen LogP contribution in [0, 0.1) is 0 Å². The average molecular weight is 962 g/mol. The molecule has 0 aliphatic rings. The van der Waals surface area contributed by atoms with Crippen LogP contribution in [0.2, 0.25) is 0 Å². The Hall–Kier alpha value is -4.74. The molecule has 0 radical (unpaired) electrons. The highest BCUT2D eigenvalue weighted by Gasteiger charge is 2.16. The quantitative estimate of drug-likeness (QED) is 0.0374. The topological polar surface area (TPSA) is 72.8 Å². The van der Waals surface area contributed by atoms with Gasteiger partial charge in [-0.1, -0.05) is 229 Å². The van der Waals surface area contributed by atoms with Gasteiger partial charge in [0.1, 0.15) is 6.61 Å². The van der Waals surface area contributed by atoms with Gasteiger partial charge < -0.3 is 14.6 Å². The number of carbonyl (C=O) groups excluding carboxylic acids is 2. The van der Waals surface area contributed by atoms with Crippen molar-refractivity contribution in [3.8, 4) is 0 Å². The zero-order valence-electron chi connectivity index (χ0n) is 44.5. The number of ether oxygens (including phenoxy) is 2. The van der Waals surface area contributed by atoms with Gasteiger partial charge in [-0.05, 0) is 135 Å². The van der Waals surface area contributed by atoms with Gasteiger partial charge in [-0.25, -0.2) is 0 Å². The number of aliphatic hydroxyl groups excluding tert-OH is 1. The van der Waals surface area contributed by atoms with Crippen molar-refractivity contribution in [1.82, 2.24) is 0 Å². The van der Waals surface area contributed by atoms with Gasteiger partial charge >= 0.3 is 11.9 Å². The van der Waals surface area contributed by atoms with Crippen LogP contribution < -0.4 is 0 Å². The molecule has 1 atom stereocenters. The first-order valence-corrected chi connectivity index (χ1v) is 27.7. The Morgan fingerprint density at radius 2 is 0.614 bits per heavy atom. The molecule has 0 fully saturated rings. The van der Waals surface area contributed by atoms with E-state index in [1.807, 2.05) is 0 Å². The second kappa shape index (κ2) is 58.6. The van der Waals surface area contributed by atoms with Gasteiger partial charge in [0.2, 0.25) is 0 Å². The third-order valence-electron chi connectivity index (χ3n) is 11.0. The lowest BCUT2D eigenvalue weighted by molar-refractivity contribution is -0.161. The van der Waals surface area contributed by atoms with E-state index in [0.29, 0.717) is 12.8 Å². The number of hydrogen-bond donors (Lipinski definition) is 1. The van der Waals surface area contributed by atoms with Crippen LogP contribution in [0.5, 0.6) is 0 Å². The number of carbonyl (C=O) groups is 2. The predicted molar refractivity (Wildman–Crippen MR) is 306 cm³/mol. The zero-order chi connectivity index (χ0) is 50.6. The third kappa shape index (κ3) is 55.9. The fourth-order valence-corrected chi connectivity index (χ4v) is 6.86. The first-order chi connectivity index (χ1) is 34.6. The maximum atomic E-state index is 12.3. The monoisotopic (exact) mass is 961 g/mol. The smallest absolute Gasteiger partial charge is 0.306 e. The van der Waals surface area contributed by atoms with Crippen LogP contribution in [0.1, 0.15) is 206 Å². The lowest BCUT2D eigenvalue weighted by atomic mass is 10.1. The summed E-state index contributed by atoms with van der Waals surface area (Å²) in [6, 6.07) is 0. The van der Waals surface area contributed by atoms with Gasteiger partial charge in [0.15, 0.2) is 6.10 Å². The molecule has 0 aromatic heterocycles. The summed E-state index contributed by atoms with van der Waals surface area (Å²) < 4.78 is 10.6. The first kappa shape index (κ1) is 65.3. The highest BCUT2D eigenvalue weighted by atomic mass is 16.6. The number of aliphatic hydroxyl groups is 1. The van der Waals surface area contributed by atoms with Gasteiger partial charge in [0, 0.05) is 12.8 Å². The highest BCUT2D eigenvalue weighted by molar-refractivity contribution is 5.70. The molecule has 0 aromatic rings. The van der Waals surface area contributed by atoms with Crippen LogP contribution in [-0.4, -0.2) is 36.4 Å². The molecular formula is C65H100O5. The van der Waals surface area contributed by atoms with Crippen LogP contribution in [0.3, 0.4) is 0 Å². The molecule has 0 saturated carbocycles. The molecule has 5 heteroatoms. The van der Waals surface area contributed by atoms with Gasteiger partial charge in [-0.3, -0.25) is 9.59 Å². The zero-order valence-corrected chi connectivity index (χ0v) is 44.5. The Labute approximate surface area is 430 Å². The summed E-state index contributed by atoms with van der Waals surface area (Å²) in [6.07, 6.45) is 91.6. The van der Waals surface area contributed by atoms with E-state index in [0.717, 1.165) is 135 Å². The van der Waals surface area contributed by atoms with Gasteiger partial charge in [0.25, 0.3) is 0 Å². The first-order valence-electron chi connectivity index (χ1n) is 27.7. The molecule has 0 saturated heterocycles. The van der Waals surface area contributed by atoms with E-state index < -0.39 is 6.10 Å². The van der Waals surface area contributed by atoms with Crippen molar-refractivity contribution in [2.24, 2.45) is 0 Å². The number of allylic oxidation sites excluding steroid dienone is 28. The maximum Gasteiger partial charge on any atom is 0.306 e. The summed E-state index contributed by atoms with van der Waals surface area (Å²) in [7, 11) is 0. The standard InChI is InChI=1S/C65H100O5/c1-3-5-7-9-11-13-15-17-19-21-23-24-25-26-27-28-29-30-31-32-33-34-35-36-37-38-39-40-42-44-46-48-50-52-54-56-58-60-65(68)70-63(61-66)62-69-64(67)59-57-55-53-51-49-47-45-43-41-22-20-18-16-14-12-10-8-6-4-2/h5,7,11-14,17-20,23-24,26-27,29-30,32-33,35-36,38-39,41-44,48,50,63,66H,3-4,6,8-10,15-16,21-22,25,28,31,34,37,40,45-47,49,51-62H2,1-2H3/b7-5-,13-11-,14-12-,19-17-,20-18-,24-23-,27-26-,30-29-,33-32-,36-35-,39-38-,43-41-,44-42-,50-48-. The Morgan fingerprint density at radius 3 is 0.943 bits per heavy atom. The molecule has 390 valence electrons.